The Morgan fingerprint density at radius 3 is 2.41 bits per heavy atom. The number of piperazine rings is 1. The molecule has 1 saturated heterocycles. The highest BCUT2D eigenvalue weighted by atomic mass is 32.2. The molecule has 0 radical (unpaired) electrons. The van der Waals surface area contributed by atoms with E-state index >= 15 is 0 Å². The minimum absolute atomic E-state index is 0.0803. The number of benzene rings is 1. The van der Waals surface area contributed by atoms with E-state index < -0.39 is 10.0 Å². The third-order valence-corrected chi connectivity index (χ3v) is 6.92. The van der Waals surface area contributed by atoms with Crippen molar-refractivity contribution in [2.45, 2.75) is 20.8 Å². The first-order valence-electron chi connectivity index (χ1n) is 9.66. The summed E-state index contributed by atoms with van der Waals surface area (Å²) < 4.78 is 26.1. The van der Waals surface area contributed by atoms with Gasteiger partial charge in [-0.05, 0) is 24.6 Å². The normalized spacial score (nSPS) is 16.1. The Balaban J connectivity index is 1.85. The number of aliphatic imine (C=N–C) groups is 1. The van der Waals surface area contributed by atoms with E-state index in [0.717, 1.165) is 32.1 Å². The van der Waals surface area contributed by atoms with Crippen LogP contribution >= 0.6 is 0 Å². The van der Waals surface area contributed by atoms with Crippen molar-refractivity contribution in [1.82, 2.24) is 14.5 Å². The summed E-state index contributed by atoms with van der Waals surface area (Å²) in [7, 11) is -1.47. The highest BCUT2D eigenvalue weighted by Crippen LogP contribution is 2.17. The number of nitrogens with one attached hydrogen (secondary N) is 1. The van der Waals surface area contributed by atoms with Crippen LogP contribution in [0.2, 0.25) is 0 Å². The molecule has 7 nitrogen and oxygen atoms in total. The number of anilines is 1. The van der Waals surface area contributed by atoms with E-state index in [0.29, 0.717) is 19.6 Å². The number of guanidine groups is 1. The van der Waals surface area contributed by atoms with Gasteiger partial charge in [-0.25, -0.2) is 12.7 Å². The van der Waals surface area contributed by atoms with Crippen molar-refractivity contribution in [2.75, 3.05) is 63.5 Å². The molecular formula is C19H33N5O2S. The molecule has 0 aliphatic carbocycles. The number of sulfonamides is 1. The molecular weight excluding hydrogens is 362 g/mol. The molecule has 27 heavy (non-hydrogen) atoms. The molecule has 0 aromatic heterocycles. The van der Waals surface area contributed by atoms with Gasteiger partial charge in [0, 0.05) is 58.5 Å². The molecule has 1 fully saturated rings. The largest absolute Gasteiger partial charge is 0.368 e. The second-order valence-corrected chi connectivity index (χ2v) is 8.78. The van der Waals surface area contributed by atoms with Crippen LogP contribution in [0.4, 0.5) is 5.69 Å². The highest BCUT2D eigenvalue weighted by molar-refractivity contribution is 7.89. The van der Waals surface area contributed by atoms with E-state index in [1.54, 1.807) is 7.05 Å². The lowest BCUT2D eigenvalue weighted by atomic mass is 10.2. The van der Waals surface area contributed by atoms with Crippen LogP contribution in [0.1, 0.15) is 19.4 Å². The molecule has 1 N–H and O–H groups in total. The summed E-state index contributed by atoms with van der Waals surface area (Å²) in [5.41, 5.74) is 2.52. The predicted octanol–water partition coefficient (Wildman–Crippen LogP) is 1.36. The average Bonchev–Trinajstić information content (AvgIpc) is 2.66. The van der Waals surface area contributed by atoms with Crippen molar-refractivity contribution in [3.8, 4) is 0 Å². The van der Waals surface area contributed by atoms with E-state index in [-0.39, 0.29) is 5.75 Å². The molecule has 8 heteroatoms. The Kier molecular flexibility index (Phi) is 7.91. The second kappa shape index (κ2) is 9.94. The first-order valence-corrected chi connectivity index (χ1v) is 11.3. The summed E-state index contributed by atoms with van der Waals surface area (Å²) in [5.74, 6) is 0.852. The van der Waals surface area contributed by atoms with Crippen LogP contribution in [0, 0.1) is 6.92 Å². The number of aryl methyl sites for hydroxylation is 1. The minimum Gasteiger partial charge on any atom is -0.368 e. The molecule has 1 heterocycles. The van der Waals surface area contributed by atoms with Crippen molar-refractivity contribution in [2.24, 2.45) is 4.99 Å². The molecule has 0 unspecified atom stereocenters. The van der Waals surface area contributed by atoms with Crippen LogP contribution in [0.15, 0.2) is 29.3 Å². The van der Waals surface area contributed by atoms with E-state index in [4.69, 9.17) is 0 Å². The Hall–Kier alpha value is -1.80. The molecule has 0 bridgehead atoms. The smallest absolute Gasteiger partial charge is 0.215 e. The molecule has 0 atom stereocenters. The van der Waals surface area contributed by atoms with Crippen molar-refractivity contribution >= 4 is 21.7 Å². The summed E-state index contributed by atoms with van der Waals surface area (Å²) in [5, 5.41) is 3.21. The zero-order valence-corrected chi connectivity index (χ0v) is 17.8. The monoisotopic (exact) mass is 395 g/mol. The van der Waals surface area contributed by atoms with Crippen molar-refractivity contribution in [3.05, 3.63) is 29.8 Å². The van der Waals surface area contributed by atoms with Crippen LogP contribution in [0.5, 0.6) is 0 Å². The van der Waals surface area contributed by atoms with Gasteiger partial charge in [0.1, 0.15) is 0 Å². The third kappa shape index (κ3) is 5.84. The lowest BCUT2D eigenvalue weighted by Crippen LogP contribution is -2.53. The molecule has 0 amide bonds. The van der Waals surface area contributed by atoms with Crippen molar-refractivity contribution in [1.29, 1.82) is 0 Å². The van der Waals surface area contributed by atoms with E-state index in [2.05, 4.69) is 51.3 Å². The number of hydrogen-bond acceptors (Lipinski definition) is 4. The Morgan fingerprint density at radius 2 is 1.85 bits per heavy atom. The second-order valence-electron chi connectivity index (χ2n) is 6.69. The Morgan fingerprint density at radius 1 is 1.19 bits per heavy atom. The molecule has 2 rings (SSSR count). The van der Waals surface area contributed by atoms with Gasteiger partial charge in [0.2, 0.25) is 10.0 Å². The SMILES string of the molecule is CCN(CC)S(=O)(=O)CCNC(=NC)N1CCN(c2cccc(C)c2)CC1. The average molecular weight is 396 g/mol. The minimum atomic E-state index is -3.22. The molecule has 1 aliphatic rings. The standard InChI is InChI=1S/C19H33N5O2S/c1-5-24(6-2)27(25,26)15-10-21-19(20-4)23-13-11-22(12-14-23)18-9-7-8-17(3)16-18/h7-9,16H,5-6,10-15H2,1-4H3,(H,20,21). The maximum absolute atomic E-state index is 12.3. The third-order valence-electron chi connectivity index (χ3n) is 4.90. The van der Waals surface area contributed by atoms with Crippen LogP contribution < -0.4 is 10.2 Å². The topological polar surface area (TPSA) is 68.2 Å². The van der Waals surface area contributed by atoms with Gasteiger partial charge in [0.25, 0.3) is 0 Å². The van der Waals surface area contributed by atoms with Crippen LogP contribution in [-0.4, -0.2) is 82.2 Å². The summed E-state index contributed by atoms with van der Waals surface area (Å²) in [6.07, 6.45) is 0. The van der Waals surface area contributed by atoms with Crippen LogP contribution in [0.25, 0.3) is 0 Å². The van der Waals surface area contributed by atoms with Gasteiger partial charge in [-0.15, -0.1) is 0 Å². The fraction of sp³-hybridized carbons (Fsp3) is 0.632. The van der Waals surface area contributed by atoms with Crippen LogP contribution in [-0.2, 0) is 10.0 Å². The Labute approximate surface area is 164 Å². The molecule has 0 saturated carbocycles. The number of rotatable bonds is 7. The van der Waals surface area contributed by atoms with Gasteiger partial charge in [-0.2, -0.15) is 0 Å². The first-order chi connectivity index (χ1) is 12.9. The summed E-state index contributed by atoms with van der Waals surface area (Å²) in [6.45, 7) is 10.8. The summed E-state index contributed by atoms with van der Waals surface area (Å²) in [6, 6.07) is 8.56. The number of hydrogen-bond donors (Lipinski definition) is 1. The van der Waals surface area contributed by atoms with Gasteiger partial charge < -0.3 is 15.1 Å². The maximum atomic E-state index is 12.3. The van der Waals surface area contributed by atoms with Gasteiger partial charge in [0.15, 0.2) is 5.96 Å². The zero-order valence-electron chi connectivity index (χ0n) is 17.0. The molecule has 1 aromatic rings. The summed E-state index contributed by atoms with van der Waals surface area (Å²) >= 11 is 0. The fourth-order valence-electron chi connectivity index (χ4n) is 3.37. The quantitative estimate of drug-likeness (QED) is 0.558. The molecule has 1 aliphatic heterocycles. The molecule has 0 spiro atoms. The lowest BCUT2D eigenvalue weighted by molar-refractivity contribution is 0.373. The zero-order chi connectivity index (χ0) is 19.9. The van der Waals surface area contributed by atoms with E-state index in [1.807, 2.05) is 13.8 Å². The van der Waals surface area contributed by atoms with Gasteiger partial charge >= 0.3 is 0 Å². The van der Waals surface area contributed by atoms with Crippen molar-refractivity contribution in [3.63, 3.8) is 0 Å². The highest BCUT2D eigenvalue weighted by Gasteiger charge is 2.22. The van der Waals surface area contributed by atoms with Gasteiger partial charge in [-0.1, -0.05) is 26.0 Å². The van der Waals surface area contributed by atoms with E-state index in [1.165, 1.54) is 15.6 Å². The maximum Gasteiger partial charge on any atom is 0.215 e. The Bertz CT molecular complexity index is 723. The lowest BCUT2D eigenvalue weighted by Gasteiger charge is -2.37. The molecule has 152 valence electrons. The molecule has 1 aromatic carbocycles. The van der Waals surface area contributed by atoms with Gasteiger partial charge in [-0.3, -0.25) is 4.99 Å². The fourth-order valence-corrected chi connectivity index (χ4v) is 4.78. The summed E-state index contributed by atoms with van der Waals surface area (Å²) in [4.78, 5) is 8.90. The predicted molar refractivity (Wildman–Crippen MR) is 113 cm³/mol. The number of nitrogens with zero attached hydrogens (tertiary/aromatic N) is 4. The van der Waals surface area contributed by atoms with Crippen LogP contribution in [0.3, 0.4) is 0 Å². The van der Waals surface area contributed by atoms with Crippen molar-refractivity contribution < 1.29 is 8.42 Å². The van der Waals surface area contributed by atoms with E-state index in [9.17, 15) is 8.42 Å². The van der Waals surface area contributed by atoms with Gasteiger partial charge in [0.05, 0.1) is 5.75 Å². The first kappa shape index (κ1) is 21.5.